The molecule has 0 aliphatic carbocycles. The summed E-state index contributed by atoms with van der Waals surface area (Å²) in [4.78, 5) is 12.7. The molecule has 6 unspecified atom stereocenters. The summed E-state index contributed by atoms with van der Waals surface area (Å²) >= 11 is 0. The van der Waals surface area contributed by atoms with Crippen molar-refractivity contribution < 1.29 is 44.2 Å². The van der Waals surface area contributed by atoms with Gasteiger partial charge in [0.25, 0.3) is 0 Å². The Bertz CT molecular complexity index is 1430. The van der Waals surface area contributed by atoms with E-state index in [2.05, 4.69) is 135 Å². The predicted octanol–water partition coefficient (Wildman–Crippen LogP) is 11.7. The van der Waals surface area contributed by atoms with E-state index in [4.69, 9.17) is 18.9 Å². The zero-order valence-electron chi connectivity index (χ0n) is 39.5. The van der Waals surface area contributed by atoms with Crippen LogP contribution in [0.4, 0.5) is 0 Å². The molecule has 4 N–H and O–H groups in total. The van der Waals surface area contributed by atoms with Gasteiger partial charge in [-0.05, 0) is 89.9 Å². The maximum Gasteiger partial charge on any atom is 0.310 e. The van der Waals surface area contributed by atoms with Gasteiger partial charge in [-0.1, -0.05) is 180 Å². The predicted molar refractivity (Wildman–Crippen MR) is 265 cm³/mol. The van der Waals surface area contributed by atoms with Crippen LogP contribution in [0.5, 0.6) is 0 Å². The summed E-state index contributed by atoms with van der Waals surface area (Å²) in [5, 5.41) is 40.2. The van der Waals surface area contributed by atoms with Crippen molar-refractivity contribution in [2.45, 2.75) is 179 Å². The first kappa shape index (κ1) is 58.3. The quantitative estimate of drug-likeness (QED) is 0.0270. The van der Waals surface area contributed by atoms with Gasteiger partial charge in [0, 0.05) is 6.61 Å². The highest BCUT2D eigenvalue weighted by Gasteiger charge is 2.44. The summed E-state index contributed by atoms with van der Waals surface area (Å²) in [5.41, 5.74) is 0. The third-order valence-corrected chi connectivity index (χ3v) is 10.1. The topological polar surface area (TPSA) is 135 Å². The largest absolute Gasteiger partial charge is 0.457 e. The smallest absolute Gasteiger partial charge is 0.310 e. The van der Waals surface area contributed by atoms with Gasteiger partial charge in [-0.3, -0.25) is 4.79 Å². The normalized spacial score (nSPS) is 20.8. The molecule has 0 aromatic rings. The number of esters is 1. The number of allylic oxidation sites excluding steroid dienone is 21. The Kier molecular flexibility index (Phi) is 40.6. The lowest BCUT2D eigenvalue weighted by Gasteiger charge is -2.39. The summed E-state index contributed by atoms with van der Waals surface area (Å²) in [6.45, 7) is 4.14. The molecule has 1 heterocycles. The Morgan fingerprint density at radius 1 is 0.500 bits per heavy atom. The molecule has 0 radical (unpaired) electrons. The van der Waals surface area contributed by atoms with Crippen molar-refractivity contribution in [2.75, 3.05) is 26.4 Å². The molecule has 1 saturated heterocycles. The second kappa shape index (κ2) is 44.5. The molecule has 1 fully saturated rings. The van der Waals surface area contributed by atoms with Gasteiger partial charge in [0.1, 0.15) is 30.5 Å². The van der Waals surface area contributed by atoms with Crippen LogP contribution in [-0.4, -0.2) is 89.6 Å². The first-order valence-electron chi connectivity index (χ1n) is 24.3. The van der Waals surface area contributed by atoms with Crippen molar-refractivity contribution in [3.8, 4) is 0 Å². The van der Waals surface area contributed by atoms with E-state index in [-0.39, 0.29) is 19.6 Å². The summed E-state index contributed by atoms with van der Waals surface area (Å²) in [6.07, 6.45) is 59.4. The first-order valence-corrected chi connectivity index (χ1v) is 24.3. The molecular formula is C55H86O9. The zero-order chi connectivity index (χ0) is 46.4. The fourth-order valence-electron chi connectivity index (χ4n) is 6.39. The van der Waals surface area contributed by atoms with Crippen molar-refractivity contribution in [3.05, 3.63) is 134 Å². The molecule has 64 heavy (non-hydrogen) atoms. The molecule has 0 saturated carbocycles. The van der Waals surface area contributed by atoms with Gasteiger partial charge in [0.2, 0.25) is 0 Å². The number of hydrogen-bond acceptors (Lipinski definition) is 9. The van der Waals surface area contributed by atoms with Crippen LogP contribution in [0.2, 0.25) is 0 Å². The highest BCUT2D eigenvalue weighted by molar-refractivity contribution is 5.71. The third-order valence-electron chi connectivity index (χ3n) is 10.1. The maximum absolute atomic E-state index is 12.7. The van der Waals surface area contributed by atoms with Crippen LogP contribution in [0.15, 0.2) is 134 Å². The molecule has 0 aromatic heterocycles. The van der Waals surface area contributed by atoms with E-state index in [1.54, 1.807) is 6.08 Å². The molecule has 9 heteroatoms. The van der Waals surface area contributed by atoms with Crippen molar-refractivity contribution in [1.29, 1.82) is 0 Å². The van der Waals surface area contributed by atoms with E-state index < -0.39 is 49.4 Å². The number of carbonyl (C=O) groups is 1. The van der Waals surface area contributed by atoms with Crippen LogP contribution in [0, 0.1) is 0 Å². The summed E-state index contributed by atoms with van der Waals surface area (Å²) in [6, 6.07) is 0. The molecule has 6 atom stereocenters. The number of carbonyl (C=O) groups excluding carboxylic acids is 1. The summed E-state index contributed by atoms with van der Waals surface area (Å²) in [7, 11) is 0. The average Bonchev–Trinajstić information content (AvgIpc) is 3.30. The molecule has 0 amide bonds. The van der Waals surface area contributed by atoms with Gasteiger partial charge >= 0.3 is 5.97 Å². The monoisotopic (exact) mass is 891 g/mol. The SMILES string of the molecule is CC/C=C\C/C=C\C/C=C\C/C=C\C/C=C\C/C=C\CCCCCCCCCOCC(COC1OC(CO)C(O)C(O)C1O)OC(=O)C/C=C\C/C=C\C/C=C\C/C=C\C/C=C\CC. The number of ether oxygens (including phenoxy) is 4. The number of hydrogen-bond donors (Lipinski definition) is 4. The Morgan fingerprint density at radius 2 is 0.906 bits per heavy atom. The van der Waals surface area contributed by atoms with E-state index in [1.165, 1.54) is 25.7 Å². The van der Waals surface area contributed by atoms with Crippen LogP contribution in [0.25, 0.3) is 0 Å². The lowest BCUT2D eigenvalue weighted by molar-refractivity contribution is -0.305. The average molecular weight is 891 g/mol. The van der Waals surface area contributed by atoms with Crippen LogP contribution in [-0.2, 0) is 23.7 Å². The van der Waals surface area contributed by atoms with Gasteiger partial charge in [-0.15, -0.1) is 0 Å². The van der Waals surface area contributed by atoms with Crippen LogP contribution in [0.1, 0.15) is 142 Å². The zero-order valence-corrected chi connectivity index (χ0v) is 39.5. The molecular weight excluding hydrogens is 805 g/mol. The second-order valence-corrected chi connectivity index (χ2v) is 15.8. The van der Waals surface area contributed by atoms with Gasteiger partial charge in [0.05, 0.1) is 26.2 Å². The van der Waals surface area contributed by atoms with E-state index in [1.807, 2.05) is 6.08 Å². The van der Waals surface area contributed by atoms with Crippen molar-refractivity contribution >= 4 is 5.97 Å². The van der Waals surface area contributed by atoms with Gasteiger partial charge < -0.3 is 39.4 Å². The van der Waals surface area contributed by atoms with Crippen LogP contribution in [0.3, 0.4) is 0 Å². The van der Waals surface area contributed by atoms with Gasteiger partial charge in [-0.2, -0.15) is 0 Å². The highest BCUT2D eigenvalue weighted by Crippen LogP contribution is 2.22. The number of aliphatic hydroxyl groups is 4. The second-order valence-electron chi connectivity index (χ2n) is 15.8. The molecule has 0 aromatic carbocycles. The lowest BCUT2D eigenvalue weighted by Crippen LogP contribution is -2.59. The van der Waals surface area contributed by atoms with E-state index in [9.17, 15) is 25.2 Å². The lowest BCUT2D eigenvalue weighted by atomic mass is 9.99. The van der Waals surface area contributed by atoms with Crippen molar-refractivity contribution in [2.24, 2.45) is 0 Å². The van der Waals surface area contributed by atoms with E-state index in [0.29, 0.717) is 13.0 Å². The Labute approximate surface area is 388 Å². The third kappa shape index (κ3) is 34.7. The Hall–Kier alpha value is -3.67. The molecule has 0 spiro atoms. The Balaban J connectivity index is 2.28. The van der Waals surface area contributed by atoms with Crippen molar-refractivity contribution in [3.63, 3.8) is 0 Å². The minimum absolute atomic E-state index is 0.0749. The fraction of sp³-hybridized carbons (Fsp3) is 0.582. The van der Waals surface area contributed by atoms with Gasteiger partial charge in [0.15, 0.2) is 6.29 Å². The summed E-state index contributed by atoms with van der Waals surface area (Å²) in [5.74, 6) is -0.451. The fourth-order valence-corrected chi connectivity index (χ4v) is 6.39. The highest BCUT2D eigenvalue weighted by atomic mass is 16.7. The number of rotatable bonds is 39. The molecule has 1 aliphatic heterocycles. The van der Waals surface area contributed by atoms with Crippen molar-refractivity contribution in [1.82, 2.24) is 0 Å². The van der Waals surface area contributed by atoms with Crippen LogP contribution < -0.4 is 0 Å². The van der Waals surface area contributed by atoms with Crippen LogP contribution >= 0.6 is 0 Å². The van der Waals surface area contributed by atoms with E-state index in [0.717, 1.165) is 89.9 Å². The molecule has 0 bridgehead atoms. The number of unbranched alkanes of at least 4 members (excludes halogenated alkanes) is 7. The maximum atomic E-state index is 12.7. The summed E-state index contributed by atoms with van der Waals surface area (Å²) < 4.78 is 22.7. The molecule has 360 valence electrons. The molecule has 9 nitrogen and oxygen atoms in total. The van der Waals surface area contributed by atoms with Gasteiger partial charge in [-0.25, -0.2) is 0 Å². The Morgan fingerprint density at radius 3 is 1.36 bits per heavy atom. The minimum Gasteiger partial charge on any atom is -0.457 e. The minimum atomic E-state index is -1.56. The van der Waals surface area contributed by atoms with E-state index >= 15 is 0 Å². The standard InChI is InChI=1S/C55H86O9/c1-3-5-7-9-11-13-15-17-19-20-21-22-23-24-25-26-27-28-29-31-33-35-37-39-41-43-45-61-47-49(48-62-55-54(60)53(59)52(58)50(46-56)64-55)63-51(57)44-42-40-38-36-34-32-30-18-16-14-12-10-8-6-4-2/h5-8,11-14,17-19,21-22,24-25,27-28,30,34,36,40,42,49-50,52-56,58-60H,3-4,9-10,15-16,20,23,26,29,31-33,35,37-39,41,43-48H2,1-2H3/b7-5-,8-6-,13-11-,14-12-,19-17-,22-21-,25-24-,28-27-,30-18-,36-34-,42-40-. The first-order chi connectivity index (χ1) is 31.4. The molecule has 1 rings (SSSR count). The molecule has 1 aliphatic rings. The number of aliphatic hydroxyl groups excluding tert-OH is 4.